The van der Waals surface area contributed by atoms with Crippen LogP contribution in [0.1, 0.15) is 128 Å². The predicted octanol–water partition coefficient (Wildman–Crippen LogP) is 2.98. The first-order valence-electron chi connectivity index (χ1n) is 22.0. The molecule has 0 bridgehead atoms. The number of likely N-dealkylation sites (tertiary alicyclic amines) is 2. The first-order chi connectivity index (χ1) is 29.2. The summed E-state index contributed by atoms with van der Waals surface area (Å²) in [5, 5.41) is 8.44. The molecule has 63 heavy (non-hydrogen) atoms. The smallest absolute Gasteiger partial charge is 0.408 e. The lowest BCUT2D eigenvalue weighted by Crippen LogP contribution is -2.62. The number of carbonyl (C=O) groups is 6. The number of methoxy groups -OCH3 is 2. The maximum Gasteiger partial charge on any atom is 0.408 e. The number of carbonyl (C=O) groups excluding carboxylic acids is 6. The fraction of sp³-hybridized carbons (Fsp3) is 0.814. The van der Waals surface area contributed by atoms with Crippen molar-refractivity contribution < 1.29 is 47.7 Å². The summed E-state index contributed by atoms with van der Waals surface area (Å²) < 4.78 is 20.4. The quantitative estimate of drug-likeness (QED) is 0.0427. The van der Waals surface area contributed by atoms with Crippen molar-refractivity contribution in [2.24, 2.45) is 33.1 Å². The number of hydrogen-bond donors (Lipinski definition) is 6. The Labute approximate surface area is 375 Å². The van der Waals surface area contributed by atoms with Gasteiger partial charge < -0.3 is 61.9 Å². The first-order valence-corrected chi connectivity index (χ1v) is 22.0. The van der Waals surface area contributed by atoms with Crippen LogP contribution in [0.15, 0.2) is 9.98 Å². The number of hydrogen-bond acceptors (Lipinski definition) is 14. The van der Waals surface area contributed by atoms with E-state index >= 15 is 0 Å². The van der Waals surface area contributed by atoms with Crippen molar-refractivity contribution in [2.75, 3.05) is 66.6 Å². The number of nitrogens with zero attached hydrogens (tertiary/aromatic N) is 4. The molecule has 0 unspecified atom stereocenters. The Bertz CT molecular complexity index is 1390. The van der Waals surface area contributed by atoms with Crippen molar-refractivity contribution in [3.05, 3.63) is 0 Å². The third-order valence-electron chi connectivity index (χ3n) is 9.92. The second-order valence-electron chi connectivity index (χ2n) is 17.8. The minimum absolute atomic E-state index is 0.0363. The first kappa shape index (κ1) is 58.3. The molecule has 0 aliphatic carbocycles. The van der Waals surface area contributed by atoms with Gasteiger partial charge in [0.2, 0.25) is 11.8 Å². The SMILES string of the molecule is CCNCC.COC(=O)C1(NC(=O)OC(C)(C)C)CCN(C(=O)[C@H](C)CCCN=C(C)N)CC1.COC(=O)C1(NC(=O)OC(C)(C)C)CCN(C(=O)[C@H](N)CCCN=C(C)N)CC1. The van der Waals surface area contributed by atoms with Gasteiger partial charge in [0.05, 0.1) is 31.9 Å². The van der Waals surface area contributed by atoms with E-state index in [1.165, 1.54) is 14.2 Å². The second kappa shape index (κ2) is 28.2. The molecule has 9 N–H and O–H groups in total. The number of aliphatic imine (C=N–C) groups is 2. The summed E-state index contributed by atoms with van der Waals surface area (Å²) in [6.07, 6.45) is 2.24. The van der Waals surface area contributed by atoms with Crippen molar-refractivity contribution >= 4 is 47.6 Å². The zero-order valence-electron chi connectivity index (χ0n) is 40.6. The molecular formula is C43H82N10O10. The van der Waals surface area contributed by atoms with Crippen LogP contribution in [-0.4, -0.2) is 152 Å². The van der Waals surface area contributed by atoms with E-state index in [4.69, 9.17) is 36.1 Å². The molecule has 0 aromatic carbocycles. The predicted molar refractivity (Wildman–Crippen MR) is 244 cm³/mol. The molecule has 2 atom stereocenters. The molecule has 2 fully saturated rings. The average Bonchev–Trinajstić information content (AvgIpc) is 3.19. The van der Waals surface area contributed by atoms with E-state index in [0.717, 1.165) is 19.5 Å². The van der Waals surface area contributed by atoms with Gasteiger partial charge >= 0.3 is 24.1 Å². The van der Waals surface area contributed by atoms with Gasteiger partial charge in [-0.1, -0.05) is 20.8 Å². The van der Waals surface area contributed by atoms with E-state index in [1.807, 2.05) is 6.92 Å². The molecule has 2 heterocycles. The molecule has 4 amide bonds. The van der Waals surface area contributed by atoms with Crippen LogP contribution in [0.25, 0.3) is 0 Å². The van der Waals surface area contributed by atoms with Gasteiger partial charge in [-0.2, -0.15) is 0 Å². The van der Waals surface area contributed by atoms with Crippen LogP contribution >= 0.6 is 0 Å². The van der Waals surface area contributed by atoms with Gasteiger partial charge in [-0.3, -0.25) is 19.6 Å². The van der Waals surface area contributed by atoms with Crippen molar-refractivity contribution in [1.82, 2.24) is 25.8 Å². The van der Waals surface area contributed by atoms with E-state index in [1.54, 1.807) is 65.2 Å². The monoisotopic (exact) mass is 899 g/mol. The standard InChI is InChI=1S/C20H36N4O5.C19H35N5O5.C4H11N/c1-14(8-7-11-22-15(2)21)16(25)24-12-9-20(10-13-24,17(26)28-6)23-18(27)29-19(3,4)5;1-13(20)22-10-6-7-14(21)15(25)24-11-8-19(9-12-24,16(26)28-5)23-17(27)29-18(2,3)4;1-3-5-4-2/h14H,7-13H2,1-6H3,(H2,21,22)(H,23,27);14H,6-12,21H2,1-5H3,(H2,20,22)(H,23,27);5H,3-4H2,1-2H3/t2*14-;/m11./s1. The van der Waals surface area contributed by atoms with E-state index in [2.05, 4.69) is 39.8 Å². The average molecular weight is 899 g/mol. The van der Waals surface area contributed by atoms with Crippen molar-refractivity contribution in [3.63, 3.8) is 0 Å². The normalized spacial score (nSPS) is 17.2. The largest absolute Gasteiger partial charge is 0.467 e. The molecule has 0 saturated carbocycles. The summed E-state index contributed by atoms with van der Waals surface area (Å²) >= 11 is 0. The van der Waals surface area contributed by atoms with E-state index in [0.29, 0.717) is 57.1 Å². The number of nitrogens with two attached hydrogens (primary N) is 3. The number of rotatable bonds is 16. The Kier molecular flexibility index (Phi) is 26.0. The molecular weight excluding hydrogens is 817 g/mol. The van der Waals surface area contributed by atoms with E-state index in [-0.39, 0.29) is 56.5 Å². The van der Waals surface area contributed by atoms with Crippen LogP contribution in [-0.2, 0) is 38.1 Å². The number of amides is 4. The topological polar surface area (TPSA) is 285 Å². The highest BCUT2D eigenvalue weighted by molar-refractivity contribution is 5.88. The molecule has 0 spiro atoms. The Morgan fingerprint density at radius 2 is 1.00 bits per heavy atom. The molecule has 2 saturated heterocycles. The molecule has 20 heteroatoms. The van der Waals surface area contributed by atoms with Gasteiger partial charge in [-0.15, -0.1) is 0 Å². The summed E-state index contributed by atoms with van der Waals surface area (Å²) in [6.45, 7) is 24.6. The number of piperidine rings is 2. The lowest BCUT2D eigenvalue weighted by molar-refractivity contribution is -0.153. The van der Waals surface area contributed by atoms with E-state index < -0.39 is 52.4 Å². The Hall–Kier alpha value is -4.72. The van der Waals surface area contributed by atoms with Crippen LogP contribution in [0.5, 0.6) is 0 Å². The number of nitrogens with one attached hydrogen (secondary N) is 3. The summed E-state index contributed by atoms with van der Waals surface area (Å²) in [4.78, 5) is 86.1. The summed E-state index contributed by atoms with van der Waals surface area (Å²) in [7, 11) is 2.55. The number of amidine groups is 2. The zero-order valence-corrected chi connectivity index (χ0v) is 40.6. The van der Waals surface area contributed by atoms with Gasteiger partial charge in [0.1, 0.15) is 22.3 Å². The minimum atomic E-state index is -1.23. The molecule has 2 rings (SSSR count). The molecule has 20 nitrogen and oxygen atoms in total. The van der Waals surface area contributed by atoms with Crippen molar-refractivity contribution in [1.29, 1.82) is 0 Å². The summed E-state index contributed by atoms with van der Waals surface area (Å²) in [6, 6.07) is -0.646. The molecule has 0 radical (unpaired) electrons. The highest BCUT2D eigenvalue weighted by atomic mass is 16.6. The van der Waals surface area contributed by atoms with Crippen molar-refractivity contribution in [2.45, 2.75) is 156 Å². The van der Waals surface area contributed by atoms with Gasteiger partial charge in [0.15, 0.2) is 0 Å². The Balaban J connectivity index is 0.00000110. The third-order valence-corrected chi connectivity index (χ3v) is 9.92. The lowest BCUT2D eigenvalue weighted by atomic mass is 9.87. The summed E-state index contributed by atoms with van der Waals surface area (Å²) in [5.41, 5.74) is 13.2. The van der Waals surface area contributed by atoms with Gasteiger partial charge in [0, 0.05) is 45.2 Å². The number of alkyl carbamates (subject to hydrolysis) is 2. The van der Waals surface area contributed by atoms with Crippen LogP contribution in [0, 0.1) is 5.92 Å². The lowest BCUT2D eigenvalue weighted by Gasteiger charge is -2.40. The van der Waals surface area contributed by atoms with Gasteiger partial charge in [-0.25, -0.2) is 19.2 Å². The second-order valence-corrected chi connectivity index (χ2v) is 17.8. The minimum Gasteiger partial charge on any atom is -0.467 e. The third kappa shape index (κ3) is 23.0. The van der Waals surface area contributed by atoms with Crippen LogP contribution in [0.4, 0.5) is 9.59 Å². The maximum atomic E-state index is 12.7. The Morgan fingerprint density at radius 3 is 1.30 bits per heavy atom. The summed E-state index contributed by atoms with van der Waals surface area (Å²) in [5.74, 6) is -0.349. The van der Waals surface area contributed by atoms with Crippen LogP contribution in [0.2, 0.25) is 0 Å². The molecule has 0 aromatic rings. The fourth-order valence-electron chi connectivity index (χ4n) is 6.63. The van der Waals surface area contributed by atoms with Crippen molar-refractivity contribution in [3.8, 4) is 0 Å². The molecule has 2 aliphatic heterocycles. The number of esters is 2. The molecule has 0 aromatic heterocycles. The van der Waals surface area contributed by atoms with Gasteiger partial charge in [0.25, 0.3) is 0 Å². The Morgan fingerprint density at radius 1 is 0.651 bits per heavy atom. The number of ether oxygens (including phenoxy) is 4. The highest BCUT2D eigenvalue weighted by Crippen LogP contribution is 2.27. The molecule has 364 valence electrons. The van der Waals surface area contributed by atoms with E-state index in [9.17, 15) is 28.8 Å². The highest BCUT2D eigenvalue weighted by Gasteiger charge is 2.47. The zero-order chi connectivity index (χ0) is 48.6. The van der Waals surface area contributed by atoms with Crippen LogP contribution < -0.4 is 33.2 Å². The maximum absolute atomic E-state index is 12.7. The van der Waals surface area contributed by atoms with Crippen LogP contribution in [0.3, 0.4) is 0 Å². The molecule has 2 aliphatic rings. The van der Waals surface area contributed by atoms with Gasteiger partial charge in [-0.05, 0) is 120 Å². The fourth-order valence-corrected chi connectivity index (χ4v) is 6.63.